The van der Waals surface area contributed by atoms with Crippen molar-refractivity contribution >= 4 is 11.8 Å². The number of ketones is 1. The van der Waals surface area contributed by atoms with Crippen LogP contribution in [0.15, 0.2) is 60.7 Å². The summed E-state index contributed by atoms with van der Waals surface area (Å²) in [6.45, 7) is 2.20. The third kappa shape index (κ3) is 3.89. The minimum Gasteiger partial charge on any atom is -0.469 e. The number of ether oxygens (including phenoxy) is 2. The number of hydrogen-bond acceptors (Lipinski definition) is 4. The molecule has 2 aromatic rings. The van der Waals surface area contributed by atoms with Gasteiger partial charge in [0.1, 0.15) is 0 Å². The summed E-state index contributed by atoms with van der Waals surface area (Å²) in [5.74, 6) is -0.518. The molecule has 0 aliphatic carbocycles. The molecule has 0 aliphatic heterocycles. The van der Waals surface area contributed by atoms with Crippen molar-refractivity contribution in [3.8, 4) is 0 Å². The number of rotatable bonds is 8. The Hall–Kier alpha value is -2.46. The van der Waals surface area contributed by atoms with Crippen molar-refractivity contribution in [1.82, 2.24) is 0 Å². The second-order valence-electron chi connectivity index (χ2n) is 5.40. The predicted octanol–water partition coefficient (Wildman–Crippen LogP) is 3.75. The Balaban J connectivity index is 2.48. The maximum atomic E-state index is 13.3. The van der Waals surface area contributed by atoms with E-state index in [0.717, 1.165) is 5.56 Å². The van der Waals surface area contributed by atoms with E-state index in [4.69, 9.17) is 9.47 Å². The number of hydrogen-bond donors (Lipinski definition) is 0. The molecule has 0 amide bonds. The van der Waals surface area contributed by atoms with Crippen molar-refractivity contribution in [2.75, 3.05) is 13.7 Å². The van der Waals surface area contributed by atoms with Crippen LogP contribution in [-0.2, 0) is 19.9 Å². The number of Topliss-reactive ketones (excluding diaryl/α,β-unsaturated/α-hetero) is 1. The molecule has 0 saturated heterocycles. The van der Waals surface area contributed by atoms with Gasteiger partial charge in [-0.25, -0.2) is 0 Å². The molecule has 1 atom stereocenters. The molecule has 0 aromatic heterocycles. The second-order valence-corrected chi connectivity index (χ2v) is 5.40. The molecule has 0 spiro atoms. The molecule has 0 fully saturated rings. The lowest BCUT2D eigenvalue weighted by Crippen LogP contribution is -2.39. The molecule has 0 bridgehead atoms. The molecular weight excluding hydrogens is 304 g/mol. The summed E-state index contributed by atoms with van der Waals surface area (Å²) >= 11 is 0. The van der Waals surface area contributed by atoms with Crippen molar-refractivity contribution in [2.24, 2.45) is 0 Å². The van der Waals surface area contributed by atoms with Crippen molar-refractivity contribution in [1.29, 1.82) is 0 Å². The zero-order chi connectivity index (χ0) is 17.4. The van der Waals surface area contributed by atoms with E-state index in [9.17, 15) is 9.59 Å². The average Bonchev–Trinajstić information content (AvgIpc) is 2.65. The second kappa shape index (κ2) is 8.41. The van der Waals surface area contributed by atoms with Crippen molar-refractivity contribution in [3.63, 3.8) is 0 Å². The Kier molecular flexibility index (Phi) is 6.27. The van der Waals surface area contributed by atoms with Gasteiger partial charge in [-0.1, -0.05) is 60.7 Å². The van der Waals surface area contributed by atoms with E-state index in [1.807, 2.05) is 55.5 Å². The smallest absolute Gasteiger partial charge is 0.305 e. The van der Waals surface area contributed by atoms with Crippen LogP contribution in [0.4, 0.5) is 0 Å². The van der Waals surface area contributed by atoms with E-state index >= 15 is 0 Å². The van der Waals surface area contributed by atoms with E-state index in [0.29, 0.717) is 12.2 Å². The Bertz CT molecular complexity index is 667. The highest BCUT2D eigenvalue weighted by atomic mass is 16.5. The summed E-state index contributed by atoms with van der Waals surface area (Å²) in [6.07, 6.45) is 0.329. The van der Waals surface area contributed by atoms with Gasteiger partial charge in [-0.15, -0.1) is 0 Å². The van der Waals surface area contributed by atoms with E-state index in [1.165, 1.54) is 7.11 Å². The SMILES string of the molecule is CCOC(CCC(=O)OC)(C(=O)c1ccccc1)c1ccccc1. The Morgan fingerprint density at radius 2 is 1.54 bits per heavy atom. The van der Waals surface area contributed by atoms with Crippen molar-refractivity contribution < 1.29 is 19.1 Å². The van der Waals surface area contributed by atoms with Crippen molar-refractivity contribution in [2.45, 2.75) is 25.4 Å². The topological polar surface area (TPSA) is 52.6 Å². The quantitative estimate of drug-likeness (QED) is 0.547. The fourth-order valence-electron chi connectivity index (χ4n) is 2.77. The molecule has 24 heavy (non-hydrogen) atoms. The van der Waals surface area contributed by atoms with Crippen molar-refractivity contribution in [3.05, 3.63) is 71.8 Å². The van der Waals surface area contributed by atoms with E-state index < -0.39 is 5.60 Å². The van der Waals surface area contributed by atoms with Crippen LogP contribution >= 0.6 is 0 Å². The molecule has 0 aliphatic rings. The fourth-order valence-corrected chi connectivity index (χ4v) is 2.77. The first-order valence-corrected chi connectivity index (χ1v) is 8.00. The number of carbonyl (C=O) groups excluding carboxylic acids is 2. The van der Waals surface area contributed by atoms with Crippen LogP contribution in [0.2, 0.25) is 0 Å². The Labute approximate surface area is 142 Å². The van der Waals surface area contributed by atoms with Crippen LogP contribution in [0, 0.1) is 0 Å². The fraction of sp³-hybridized carbons (Fsp3) is 0.300. The summed E-state index contributed by atoms with van der Waals surface area (Å²) in [7, 11) is 1.34. The highest BCUT2D eigenvalue weighted by Gasteiger charge is 2.41. The number of esters is 1. The van der Waals surface area contributed by atoms with Gasteiger partial charge >= 0.3 is 5.97 Å². The zero-order valence-corrected chi connectivity index (χ0v) is 14.0. The monoisotopic (exact) mass is 326 g/mol. The summed E-state index contributed by atoms with van der Waals surface area (Å²) in [6, 6.07) is 18.3. The maximum Gasteiger partial charge on any atom is 0.305 e. The molecule has 1 unspecified atom stereocenters. The molecule has 2 aromatic carbocycles. The first kappa shape index (κ1) is 17.9. The standard InChI is InChI=1S/C20H22O4/c1-3-24-20(15-14-18(21)23-2,17-12-8-5-9-13-17)19(22)16-10-6-4-7-11-16/h4-13H,3,14-15H2,1-2H3. The van der Waals surface area contributed by atoms with Gasteiger partial charge < -0.3 is 9.47 Å². The van der Waals surface area contributed by atoms with Crippen LogP contribution < -0.4 is 0 Å². The molecular formula is C20H22O4. The first-order valence-electron chi connectivity index (χ1n) is 8.00. The molecule has 126 valence electrons. The zero-order valence-electron chi connectivity index (χ0n) is 14.0. The van der Waals surface area contributed by atoms with E-state index in [1.54, 1.807) is 12.1 Å². The van der Waals surface area contributed by atoms with Crippen LogP contribution in [0.3, 0.4) is 0 Å². The van der Waals surface area contributed by atoms with Gasteiger partial charge in [-0.05, 0) is 18.9 Å². The highest BCUT2D eigenvalue weighted by Crippen LogP contribution is 2.35. The Morgan fingerprint density at radius 3 is 2.08 bits per heavy atom. The summed E-state index contributed by atoms with van der Waals surface area (Å²) in [5, 5.41) is 0. The van der Waals surface area contributed by atoms with E-state index in [-0.39, 0.29) is 24.6 Å². The normalized spacial score (nSPS) is 13.1. The van der Waals surface area contributed by atoms with Crippen LogP contribution in [-0.4, -0.2) is 25.5 Å². The third-order valence-electron chi connectivity index (χ3n) is 3.94. The third-order valence-corrected chi connectivity index (χ3v) is 3.94. The maximum absolute atomic E-state index is 13.3. The number of methoxy groups -OCH3 is 1. The summed E-state index contributed by atoms with van der Waals surface area (Å²) in [5.41, 5.74) is 0.0928. The Morgan fingerprint density at radius 1 is 0.958 bits per heavy atom. The average molecular weight is 326 g/mol. The molecule has 4 nitrogen and oxygen atoms in total. The van der Waals surface area contributed by atoms with Gasteiger partial charge in [-0.3, -0.25) is 9.59 Å². The lowest BCUT2D eigenvalue weighted by atomic mass is 9.82. The van der Waals surface area contributed by atoms with Crippen LogP contribution in [0.5, 0.6) is 0 Å². The number of carbonyl (C=O) groups is 2. The molecule has 0 saturated carbocycles. The van der Waals surface area contributed by atoms with Gasteiger partial charge in [0.2, 0.25) is 0 Å². The molecule has 4 heteroatoms. The minimum absolute atomic E-state index is 0.101. The summed E-state index contributed by atoms with van der Waals surface area (Å²) in [4.78, 5) is 24.9. The lowest BCUT2D eigenvalue weighted by Gasteiger charge is -2.32. The summed E-state index contributed by atoms with van der Waals surface area (Å²) < 4.78 is 10.7. The van der Waals surface area contributed by atoms with Crippen LogP contribution in [0.25, 0.3) is 0 Å². The molecule has 0 heterocycles. The van der Waals surface area contributed by atoms with E-state index in [2.05, 4.69) is 0 Å². The van der Waals surface area contributed by atoms with Crippen LogP contribution in [0.1, 0.15) is 35.7 Å². The largest absolute Gasteiger partial charge is 0.469 e. The number of benzene rings is 2. The lowest BCUT2D eigenvalue weighted by molar-refractivity contribution is -0.142. The molecule has 0 N–H and O–H groups in total. The van der Waals surface area contributed by atoms with Gasteiger partial charge in [0, 0.05) is 18.6 Å². The van der Waals surface area contributed by atoms with Gasteiger partial charge in [0.05, 0.1) is 7.11 Å². The highest BCUT2D eigenvalue weighted by molar-refractivity contribution is 6.03. The van der Waals surface area contributed by atoms with Gasteiger partial charge in [0.15, 0.2) is 11.4 Å². The molecule has 2 rings (SSSR count). The predicted molar refractivity (Wildman–Crippen MR) is 91.8 cm³/mol. The minimum atomic E-state index is -1.20. The molecule has 0 radical (unpaired) electrons. The van der Waals surface area contributed by atoms with Gasteiger partial charge in [0.25, 0.3) is 0 Å². The first-order chi connectivity index (χ1) is 11.6. The van der Waals surface area contributed by atoms with Gasteiger partial charge in [-0.2, -0.15) is 0 Å².